The van der Waals surface area contributed by atoms with Gasteiger partial charge in [0.1, 0.15) is 5.82 Å². The monoisotopic (exact) mass is 313 g/mol. The minimum atomic E-state index is 0.0851. The molecule has 1 N–H and O–H groups in total. The summed E-state index contributed by atoms with van der Waals surface area (Å²) < 4.78 is 0. The lowest BCUT2D eigenvalue weighted by molar-refractivity contribution is 0.424. The molecule has 2 rings (SSSR count). The van der Waals surface area contributed by atoms with E-state index in [0.717, 1.165) is 29.5 Å². The van der Waals surface area contributed by atoms with Gasteiger partial charge in [0.25, 0.3) is 0 Å². The molecule has 0 aliphatic carbocycles. The lowest BCUT2D eigenvalue weighted by Crippen LogP contribution is -2.41. The Kier molecular flexibility index (Phi) is 5.21. The average molecular weight is 314 g/mol. The van der Waals surface area contributed by atoms with E-state index in [2.05, 4.69) is 49.0 Å². The Morgan fingerprint density at radius 3 is 2.90 bits per heavy atom. The molecule has 0 spiro atoms. The highest BCUT2D eigenvalue weighted by Gasteiger charge is 2.21. The predicted octanol–water partition coefficient (Wildman–Crippen LogP) is 3.56. The van der Waals surface area contributed by atoms with E-state index < -0.39 is 0 Å². The lowest BCUT2D eigenvalue weighted by Gasteiger charge is -2.34. The quantitative estimate of drug-likeness (QED) is 0.923. The number of nitrogens with zero attached hydrogens (tertiary/aromatic N) is 2. The number of hydrogen-bond donors (Lipinski definition) is 1. The van der Waals surface area contributed by atoms with Gasteiger partial charge in [0.2, 0.25) is 0 Å². The second-order valence-electron chi connectivity index (χ2n) is 6.35. The Balaban J connectivity index is 2.15. The Bertz CT molecular complexity index is 459. The highest BCUT2D eigenvalue weighted by molar-refractivity contribution is 7.99. The van der Waals surface area contributed by atoms with Crippen LogP contribution in [0.1, 0.15) is 33.3 Å². The van der Waals surface area contributed by atoms with Gasteiger partial charge in [-0.1, -0.05) is 11.6 Å². The molecule has 1 saturated heterocycles. The van der Waals surface area contributed by atoms with Crippen molar-refractivity contribution in [3.8, 4) is 0 Å². The summed E-state index contributed by atoms with van der Waals surface area (Å²) in [6.07, 6.45) is 1.78. The van der Waals surface area contributed by atoms with Gasteiger partial charge in [0.15, 0.2) is 0 Å². The van der Waals surface area contributed by atoms with Crippen molar-refractivity contribution in [2.24, 2.45) is 0 Å². The van der Waals surface area contributed by atoms with E-state index >= 15 is 0 Å². The number of pyridine rings is 1. The van der Waals surface area contributed by atoms with Crippen molar-refractivity contribution >= 4 is 29.2 Å². The third-order valence-corrected chi connectivity index (χ3v) is 4.92. The van der Waals surface area contributed by atoms with E-state index in [1.807, 2.05) is 11.8 Å². The van der Waals surface area contributed by atoms with Gasteiger partial charge in [0.05, 0.1) is 5.02 Å². The molecule has 5 heteroatoms. The summed E-state index contributed by atoms with van der Waals surface area (Å²) in [5, 5.41) is 4.23. The molecule has 2 heterocycles. The molecule has 1 aliphatic rings. The van der Waals surface area contributed by atoms with Crippen LogP contribution in [0.2, 0.25) is 5.02 Å². The minimum Gasteiger partial charge on any atom is -0.352 e. The first-order chi connectivity index (χ1) is 9.37. The first kappa shape index (κ1) is 15.9. The molecule has 112 valence electrons. The zero-order valence-corrected chi connectivity index (χ0v) is 14.3. The van der Waals surface area contributed by atoms with Crippen LogP contribution >= 0.6 is 23.4 Å². The number of nitrogens with one attached hydrogen (secondary N) is 1. The van der Waals surface area contributed by atoms with Crippen molar-refractivity contribution in [1.29, 1.82) is 0 Å². The molecule has 20 heavy (non-hydrogen) atoms. The molecule has 0 saturated carbocycles. The van der Waals surface area contributed by atoms with Crippen molar-refractivity contribution in [1.82, 2.24) is 10.3 Å². The highest BCUT2D eigenvalue weighted by Crippen LogP contribution is 2.26. The molecular weight excluding hydrogens is 290 g/mol. The van der Waals surface area contributed by atoms with Gasteiger partial charge in [-0.2, -0.15) is 11.8 Å². The van der Waals surface area contributed by atoms with Crippen molar-refractivity contribution in [2.75, 3.05) is 23.0 Å². The van der Waals surface area contributed by atoms with Gasteiger partial charge in [-0.15, -0.1) is 0 Å². The third-order valence-electron chi connectivity index (χ3n) is 3.39. The summed E-state index contributed by atoms with van der Waals surface area (Å²) in [5.74, 6) is 3.39. The summed E-state index contributed by atoms with van der Waals surface area (Å²) in [6.45, 7) is 10.6. The lowest BCUT2D eigenvalue weighted by atomic mass is 10.1. The zero-order chi connectivity index (χ0) is 14.8. The molecule has 1 aliphatic heterocycles. The summed E-state index contributed by atoms with van der Waals surface area (Å²) >= 11 is 8.29. The van der Waals surface area contributed by atoms with Gasteiger partial charge in [-0.3, -0.25) is 0 Å². The maximum Gasteiger partial charge on any atom is 0.129 e. The van der Waals surface area contributed by atoms with Crippen LogP contribution in [0.5, 0.6) is 0 Å². The molecule has 0 bridgehead atoms. The molecule has 1 atom stereocenters. The average Bonchev–Trinajstić information content (AvgIpc) is 2.38. The predicted molar refractivity (Wildman–Crippen MR) is 90.0 cm³/mol. The van der Waals surface area contributed by atoms with E-state index in [1.54, 1.807) is 6.20 Å². The van der Waals surface area contributed by atoms with Gasteiger partial charge < -0.3 is 10.2 Å². The second-order valence-corrected chi connectivity index (χ2v) is 7.91. The Morgan fingerprint density at radius 2 is 2.25 bits per heavy atom. The third kappa shape index (κ3) is 4.27. The maximum absolute atomic E-state index is 6.28. The topological polar surface area (TPSA) is 28.2 Å². The highest BCUT2D eigenvalue weighted by atomic mass is 35.5. The molecule has 0 aromatic carbocycles. The van der Waals surface area contributed by atoms with Crippen LogP contribution in [0.15, 0.2) is 12.3 Å². The minimum absolute atomic E-state index is 0.0851. The van der Waals surface area contributed by atoms with Crippen LogP contribution < -0.4 is 10.2 Å². The Hall–Kier alpha value is -0.450. The molecule has 1 aromatic heterocycles. The number of rotatable bonds is 3. The molecule has 1 fully saturated rings. The first-order valence-corrected chi connectivity index (χ1v) is 8.64. The molecule has 0 radical (unpaired) electrons. The Morgan fingerprint density at radius 1 is 1.50 bits per heavy atom. The van der Waals surface area contributed by atoms with E-state index in [-0.39, 0.29) is 5.54 Å². The van der Waals surface area contributed by atoms with Crippen molar-refractivity contribution in [2.45, 2.75) is 45.8 Å². The van der Waals surface area contributed by atoms with Crippen molar-refractivity contribution in [3.63, 3.8) is 0 Å². The van der Waals surface area contributed by atoms with Gasteiger partial charge in [-0.25, -0.2) is 4.98 Å². The molecule has 0 amide bonds. The Labute approximate surface area is 131 Å². The van der Waals surface area contributed by atoms with E-state index in [9.17, 15) is 0 Å². The first-order valence-electron chi connectivity index (χ1n) is 7.10. The van der Waals surface area contributed by atoms with Crippen molar-refractivity contribution in [3.05, 3.63) is 22.8 Å². The van der Waals surface area contributed by atoms with E-state index in [0.29, 0.717) is 6.04 Å². The number of halogens is 1. The van der Waals surface area contributed by atoms with Crippen LogP contribution in [0.4, 0.5) is 5.82 Å². The second kappa shape index (κ2) is 6.54. The molecular formula is C15H24ClN3S. The van der Waals surface area contributed by atoms with Crippen LogP contribution in [0.3, 0.4) is 0 Å². The largest absolute Gasteiger partial charge is 0.352 e. The van der Waals surface area contributed by atoms with Crippen LogP contribution in [-0.4, -0.2) is 34.6 Å². The van der Waals surface area contributed by atoms with Crippen molar-refractivity contribution < 1.29 is 0 Å². The van der Waals surface area contributed by atoms with Gasteiger partial charge in [-0.05, 0) is 39.3 Å². The number of thioether (sulfide) groups is 1. The summed E-state index contributed by atoms with van der Waals surface area (Å²) in [4.78, 5) is 6.90. The fraction of sp³-hybridized carbons (Fsp3) is 0.667. The SMILES string of the molecule is CC1CSCCN1c1cc(CNC(C)(C)C)c(Cl)cn1. The number of aromatic nitrogens is 1. The normalized spacial score (nSPS) is 20.2. The van der Waals surface area contributed by atoms with E-state index in [4.69, 9.17) is 11.6 Å². The summed E-state index contributed by atoms with van der Waals surface area (Å²) in [7, 11) is 0. The number of hydrogen-bond acceptors (Lipinski definition) is 4. The zero-order valence-electron chi connectivity index (χ0n) is 12.7. The summed E-state index contributed by atoms with van der Waals surface area (Å²) in [5.41, 5.74) is 1.21. The fourth-order valence-electron chi connectivity index (χ4n) is 2.19. The van der Waals surface area contributed by atoms with Crippen LogP contribution in [0.25, 0.3) is 0 Å². The number of anilines is 1. The molecule has 1 aromatic rings. The standard InChI is InChI=1S/C15H24ClN3S/c1-11-10-20-6-5-19(11)14-7-12(13(16)9-17-14)8-18-15(2,3)4/h7,9,11,18H,5-6,8,10H2,1-4H3. The molecule has 3 nitrogen and oxygen atoms in total. The van der Waals surface area contributed by atoms with Crippen LogP contribution in [0, 0.1) is 0 Å². The van der Waals surface area contributed by atoms with Gasteiger partial charge in [0, 0.05) is 42.4 Å². The molecule has 1 unspecified atom stereocenters. The van der Waals surface area contributed by atoms with E-state index in [1.165, 1.54) is 11.5 Å². The fourth-order valence-corrected chi connectivity index (χ4v) is 3.37. The smallest absolute Gasteiger partial charge is 0.129 e. The van der Waals surface area contributed by atoms with Crippen LogP contribution in [-0.2, 0) is 6.54 Å². The summed E-state index contributed by atoms with van der Waals surface area (Å²) in [6, 6.07) is 2.67. The maximum atomic E-state index is 6.28. The van der Waals surface area contributed by atoms with Gasteiger partial charge >= 0.3 is 0 Å².